The number of thioether (sulfide) groups is 1. The van der Waals surface area contributed by atoms with Crippen molar-refractivity contribution in [3.63, 3.8) is 0 Å². The fourth-order valence-corrected chi connectivity index (χ4v) is 2.93. The third kappa shape index (κ3) is 6.28. The molecule has 0 radical (unpaired) electrons. The maximum absolute atomic E-state index is 10.8. The second-order valence-electron chi connectivity index (χ2n) is 4.49. The molecule has 0 aromatic carbocycles. The van der Waals surface area contributed by atoms with Gasteiger partial charge in [-0.25, -0.2) is 13.1 Å². The Morgan fingerprint density at radius 1 is 1.47 bits per heavy atom. The third-order valence-corrected chi connectivity index (χ3v) is 4.64. The molecule has 2 N–H and O–H groups in total. The van der Waals surface area contributed by atoms with Crippen LogP contribution in [-0.4, -0.2) is 44.7 Å². The smallest absolute Gasteiger partial charge is 0.208 e. The van der Waals surface area contributed by atoms with Gasteiger partial charge in [0.15, 0.2) is 5.17 Å². The van der Waals surface area contributed by atoms with Crippen LogP contribution in [0, 0.1) is 5.92 Å². The van der Waals surface area contributed by atoms with Crippen molar-refractivity contribution >= 4 is 27.0 Å². The minimum absolute atomic E-state index is 0.470. The highest BCUT2D eigenvalue weighted by molar-refractivity contribution is 8.14. The number of sulfonamides is 1. The van der Waals surface area contributed by atoms with Gasteiger partial charge >= 0.3 is 0 Å². The number of amidine groups is 1. The number of nitrogens with zero attached hydrogens (tertiary/aromatic N) is 1. The maximum atomic E-state index is 10.8. The summed E-state index contributed by atoms with van der Waals surface area (Å²) in [6.07, 6.45) is 1.93. The second-order valence-corrected chi connectivity index (χ2v) is 7.55. The molecule has 1 heterocycles. The quantitative estimate of drug-likeness (QED) is 0.700. The zero-order chi connectivity index (χ0) is 12.9. The Hall–Kier alpha value is -0.270. The Morgan fingerprint density at radius 2 is 2.18 bits per heavy atom. The molecule has 1 unspecified atom stereocenters. The minimum Gasteiger partial charge on any atom is -0.365 e. The number of hydrogen-bond acceptors (Lipinski definition) is 5. The van der Waals surface area contributed by atoms with Gasteiger partial charge in [0.05, 0.1) is 12.8 Å². The van der Waals surface area contributed by atoms with Crippen LogP contribution in [0.1, 0.15) is 20.3 Å². The molecule has 0 spiro atoms. The lowest BCUT2D eigenvalue weighted by Crippen LogP contribution is -2.28. The van der Waals surface area contributed by atoms with Gasteiger partial charge < -0.3 is 5.32 Å². The molecule has 0 saturated carbocycles. The van der Waals surface area contributed by atoms with Crippen molar-refractivity contribution in [2.45, 2.75) is 25.5 Å². The number of hydrogen-bond donors (Lipinski definition) is 2. The number of rotatable bonds is 6. The van der Waals surface area contributed by atoms with Crippen LogP contribution in [0.2, 0.25) is 0 Å². The van der Waals surface area contributed by atoms with Crippen molar-refractivity contribution in [1.29, 1.82) is 0 Å². The first kappa shape index (κ1) is 14.8. The van der Waals surface area contributed by atoms with E-state index in [2.05, 4.69) is 28.9 Å². The highest BCUT2D eigenvalue weighted by Crippen LogP contribution is 2.25. The molecule has 0 fully saturated rings. The van der Waals surface area contributed by atoms with Crippen LogP contribution in [0.4, 0.5) is 0 Å². The van der Waals surface area contributed by atoms with Gasteiger partial charge in [-0.3, -0.25) is 4.99 Å². The zero-order valence-corrected chi connectivity index (χ0v) is 12.2. The lowest BCUT2D eigenvalue weighted by Gasteiger charge is -2.12. The molecule has 1 rings (SSSR count). The van der Waals surface area contributed by atoms with Crippen molar-refractivity contribution in [2.24, 2.45) is 10.9 Å². The molecule has 7 heteroatoms. The summed E-state index contributed by atoms with van der Waals surface area (Å²) in [7, 11) is -3.06. The van der Waals surface area contributed by atoms with Gasteiger partial charge in [0, 0.05) is 18.3 Å². The summed E-state index contributed by atoms with van der Waals surface area (Å²) in [5, 5.41) is 4.80. The minimum atomic E-state index is -3.06. The molecule has 17 heavy (non-hydrogen) atoms. The Kier molecular flexibility index (Phi) is 5.75. The van der Waals surface area contributed by atoms with E-state index in [0.717, 1.165) is 24.7 Å². The van der Waals surface area contributed by atoms with Gasteiger partial charge in [-0.2, -0.15) is 0 Å². The molecule has 100 valence electrons. The summed E-state index contributed by atoms with van der Waals surface area (Å²) < 4.78 is 24.1. The van der Waals surface area contributed by atoms with Crippen molar-refractivity contribution in [3.05, 3.63) is 0 Å². The van der Waals surface area contributed by atoms with Crippen LogP contribution < -0.4 is 10.0 Å². The van der Waals surface area contributed by atoms with Gasteiger partial charge in [-0.1, -0.05) is 25.6 Å². The standard InChI is InChI=1S/C10H21N3O2S2/c1-8(2)9-7-12-10(16-9)11-5-4-6-13-17(3,14)15/h8-9,13H,4-7H2,1-3H3,(H,11,12). The van der Waals surface area contributed by atoms with Gasteiger partial charge in [0.25, 0.3) is 0 Å². The largest absolute Gasteiger partial charge is 0.365 e. The molecule has 0 saturated heterocycles. The van der Waals surface area contributed by atoms with E-state index in [0.29, 0.717) is 17.7 Å². The molecule has 0 aliphatic carbocycles. The molecule has 5 nitrogen and oxygen atoms in total. The average Bonchev–Trinajstić information content (AvgIpc) is 2.64. The van der Waals surface area contributed by atoms with Crippen LogP contribution in [0.25, 0.3) is 0 Å². The van der Waals surface area contributed by atoms with Gasteiger partial charge in [-0.15, -0.1) is 0 Å². The molecule has 0 amide bonds. The fourth-order valence-electron chi connectivity index (χ4n) is 1.38. The van der Waals surface area contributed by atoms with Gasteiger partial charge in [-0.05, 0) is 12.3 Å². The first-order valence-corrected chi connectivity index (χ1v) is 8.55. The first-order valence-electron chi connectivity index (χ1n) is 5.78. The van der Waals surface area contributed by atoms with E-state index in [1.54, 1.807) is 11.8 Å². The predicted molar refractivity (Wildman–Crippen MR) is 74.0 cm³/mol. The topological polar surface area (TPSA) is 70.6 Å². The van der Waals surface area contributed by atoms with Crippen LogP contribution >= 0.6 is 11.8 Å². The summed E-state index contributed by atoms with van der Waals surface area (Å²) in [4.78, 5) is 4.41. The van der Waals surface area contributed by atoms with Gasteiger partial charge in [0.1, 0.15) is 0 Å². The van der Waals surface area contributed by atoms with E-state index in [1.807, 2.05) is 0 Å². The Balaban J connectivity index is 2.09. The molecule has 1 atom stereocenters. The zero-order valence-electron chi connectivity index (χ0n) is 10.6. The van der Waals surface area contributed by atoms with Crippen molar-refractivity contribution < 1.29 is 8.42 Å². The van der Waals surface area contributed by atoms with Crippen molar-refractivity contribution in [1.82, 2.24) is 10.0 Å². The van der Waals surface area contributed by atoms with E-state index in [1.165, 1.54) is 6.26 Å². The summed E-state index contributed by atoms with van der Waals surface area (Å²) in [5.41, 5.74) is 0. The fraction of sp³-hybridized carbons (Fsp3) is 0.900. The first-order chi connectivity index (χ1) is 7.88. The summed E-state index contributed by atoms with van der Waals surface area (Å²) in [5.74, 6) is 0.634. The Bertz CT molecular complexity index is 366. The van der Waals surface area contributed by atoms with Gasteiger partial charge in [0.2, 0.25) is 10.0 Å². The Labute approximate surface area is 108 Å². The van der Waals surface area contributed by atoms with E-state index in [4.69, 9.17) is 0 Å². The Morgan fingerprint density at radius 3 is 2.71 bits per heavy atom. The lowest BCUT2D eigenvalue weighted by atomic mass is 10.1. The molecule has 1 aliphatic heterocycles. The van der Waals surface area contributed by atoms with E-state index < -0.39 is 10.0 Å². The average molecular weight is 279 g/mol. The van der Waals surface area contributed by atoms with Crippen molar-refractivity contribution in [2.75, 3.05) is 25.9 Å². The highest BCUT2D eigenvalue weighted by Gasteiger charge is 2.21. The molecular weight excluding hydrogens is 258 g/mol. The summed E-state index contributed by atoms with van der Waals surface area (Å²) >= 11 is 1.78. The second kappa shape index (κ2) is 6.61. The number of aliphatic imine (C=N–C) groups is 1. The molecule has 0 aromatic rings. The van der Waals surface area contributed by atoms with Crippen LogP contribution in [0.5, 0.6) is 0 Å². The monoisotopic (exact) mass is 279 g/mol. The normalized spacial score (nSPS) is 20.7. The molecule has 0 bridgehead atoms. The maximum Gasteiger partial charge on any atom is 0.208 e. The molecule has 1 aliphatic rings. The van der Waals surface area contributed by atoms with E-state index in [-0.39, 0.29) is 0 Å². The summed E-state index contributed by atoms with van der Waals surface area (Å²) in [6.45, 7) is 6.50. The third-order valence-electron chi connectivity index (χ3n) is 2.42. The summed E-state index contributed by atoms with van der Waals surface area (Å²) in [6, 6.07) is 0. The van der Waals surface area contributed by atoms with E-state index in [9.17, 15) is 8.42 Å². The lowest BCUT2D eigenvalue weighted by molar-refractivity contribution is 0.585. The van der Waals surface area contributed by atoms with Crippen LogP contribution in [0.15, 0.2) is 4.99 Å². The van der Waals surface area contributed by atoms with Crippen LogP contribution in [-0.2, 0) is 10.0 Å². The van der Waals surface area contributed by atoms with Crippen molar-refractivity contribution in [3.8, 4) is 0 Å². The SMILES string of the molecule is CC(C)C1CN=C(NCCCNS(C)(=O)=O)S1. The van der Waals surface area contributed by atoms with Crippen LogP contribution in [0.3, 0.4) is 0 Å². The highest BCUT2D eigenvalue weighted by atomic mass is 32.2. The van der Waals surface area contributed by atoms with E-state index >= 15 is 0 Å². The number of nitrogens with one attached hydrogen (secondary N) is 2. The molecular formula is C10H21N3O2S2. The molecule has 0 aromatic heterocycles. The predicted octanol–water partition coefficient (Wildman–Crippen LogP) is 0.643.